The largest absolute Gasteiger partial charge is 0.288 e. The lowest BCUT2D eigenvalue weighted by atomic mass is 9.94. The van der Waals surface area contributed by atoms with Crippen molar-refractivity contribution in [1.82, 2.24) is 9.80 Å². The molecule has 0 bridgehead atoms. The van der Waals surface area contributed by atoms with E-state index < -0.39 is 0 Å². The number of nitrogens with zero attached hydrogens (tertiary/aromatic N) is 2. The minimum atomic E-state index is -0.00983. The van der Waals surface area contributed by atoms with Gasteiger partial charge in [0.25, 0.3) is 0 Å². The molecule has 0 aliphatic heterocycles. The molecule has 0 saturated heterocycles. The summed E-state index contributed by atoms with van der Waals surface area (Å²) in [4.78, 5) is 4.52. The van der Waals surface area contributed by atoms with E-state index in [1.807, 2.05) is 6.07 Å². The molecule has 20 heavy (non-hydrogen) atoms. The van der Waals surface area contributed by atoms with E-state index in [4.69, 9.17) is 0 Å². The second-order valence-corrected chi connectivity index (χ2v) is 5.65. The summed E-state index contributed by atoms with van der Waals surface area (Å²) in [5.74, 6) is 0. The minimum Gasteiger partial charge on any atom is -0.288 e. The molecule has 1 aromatic rings. The van der Waals surface area contributed by atoms with Gasteiger partial charge in [-0.3, -0.25) is 9.80 Å². The maximum absolute atomic E-state index is 2.30. The number of benzene rings is 1. The molecule has 0 saturated carbocycles. The summed E-state index contributed by atoms with van der Waals surface area (Å²) in [7, 11) is 8.51. The van der Waals surface area contributed by atoms with Gasteiger partial charge in [0.05, 0.1) is 5.66 Å². The maximum atomic E-state index is 2.30. The van der Waals surface area contributed by atoms with Gasteiger partial charge in [0.2, 0.25) is 0 Å². The first-order valence-electron chi connectivity index (χ1n) is 7.02. The van der Waals surface area contributed by atoms with Gasteiger partial charge < -0.3 is 0 Å². The van der Waals surface area contributed by atoms with Gasteiger partial charge in [0, 0.05) is 6.42 Å². The zero-order chi connectivity index (χ0) is 14.6. The SMILES string of the molecule is CN(C)C1(N(C)C)C=CC(C=Cc2ccccc2)=CC1. The summed E-state index contributed by atoms with van der Waals surface area (Å²) < 4.78 is 0. The van der Waals surface area contributed by atoms with Crippen LogP contribution >= 0.6 is 0 Å². The summed E-state index contributed by atoms with van der Waals surface area (Å²) >= 11 is 0. The summed E-state index contributed by atoms with van der Waals surface area (Å²) in [5.41, 5.74) is 2.50. The monoisotopic (exact) mass is 268 g/mol. The zero-order valence-electron chi connectivity index (χ0n) is 12.9. The van der Waals surface area contributed by atoms with E-state index in [9.17, 15) is 0 Å². The van der Waals surface area contributed by atoms with Crippen LogP contribution in [0.2, 0.25) is 0 Å². The van der Waals surface area contributed by atoms with Gasteiger partial charge in [0.1, 0.15) is 0 Å². The first-order valence-corrected chi connectivity index (χ1v) is 7.02. The summed E-state index contributed by atoms with van der Waals surface area (Å²) in [6.07, 6.45) is 12.1. The molecule has 0 aromatic heterocycles. The molecule has 0 N–H and O–H groups in total. The van der Waals surface area contributed by atoms with Crippen LogP contribution in [0.1, 0.15) is 12.0 Å². The van der Waals surface area contributed by atoms with E-state index in [1.165, 1.54) is 11.1 Å². The molecule has 1 aromatic carbocycles. The first kappa shape index (κ1) is 14.8. The van der Waals surface area contributed by atoms with Crippen molar-refractivity contribution < 1.29 is 0 Å². The number of hydrogen-bond acceptors (Lipinski definition) is 2. The van der Waals surface area contributed by atoms with Crippen LogP contribution in [0.4, 0.5) is 0 Å². The lowest BCUT2D eigenvalue weighted by molar-refractivity contribution is 0.0519. The third kappa shape index (κ3) is 3.09. The number of likely N-dealkylation sites (N-methyl/N-ethyl adjacent to an activating group) is 2. The van der Waals surface area contributed by atoms with Crippen LogP contribution in [-0.2, 0) is 0 Å². The molecule has 0 radical (unpaired) electrons. The van der Waals surface area contributed by atoms with Crippen LogP contribution in [0.15, 0.2) is 60.2 Å². The fourth-order valence-corrected chi connectivity index (χ4v) is 2.58. The second kappa shape index (κ2) is 6.21. The van der Waals surface area contributed by atoms with E-state index >= 15 is 0 Å². The molecule has 0 amide bonds. The average molecular weight is 268 g/mol. The summed E-state index contributed by atoms with van der Waals surface area (Å²) in [6.45, 7) is 0. The summed E-state index contributed by atoms with van der Waals surface area (Å²) in [6, 6.07) is 10.4. The Morgan fingerprint density at radius 2 is 1.60 bits per heavy atom. The highest BCUT2D eigenvalue weighted by molar-refractivity contribution is 5.55. The van der Waals surface area contributed by atoms with Crippen molar-refractivity contribution in [2.75, 3.05) is 28.2 Å². The van der Waals surface area contributed by atoms with Crippen LogP contribution in [0.5, 0.6) is 0 Å². The maximum Gasteiger partial charge on any atom is 0.0958 e. The third-order valence-electron chi connectivity index (χ3n) is 4.00. The number of hydrogen-bond donors (Lipinski definition) is 0. The first-order chi connectivity index (χ1) is 9.54. The van der Waals surface area contributed by atoms with Gasteiger partial charge in [-0.05, 0) is 45.4 Å². The van der Waals surface area contributed by atoms with Crippen molar-refractivity contribution in [3.05, 3.63) is 65.8 Å². The Balaban J connectivity index is 2.11. The Bertz CT molecular complexity index is 514. The molecular weight excluding hydrogens is 244 g/mol. The highest BCUT2D eigenvalue weighted by Gasteiger charge is 2.32. The molecule has 1 aliphatic rings. The van der Waals surface area contributed by atoms with Gasteiger partial charge in [-0.25, -0.2) is 0 Å². The van der Waals surface area contributed by atoms with E-state index in [2.05, 4.69) is 92.6 Å². The Hall–Kier alpha value is -1.64. The van der Waals surface area contributed by atoms with Gasteiger partial charge in [-0.2, -0.15) is 0 Å². The van der Waals surface area contributed by atoms with Crippen LogP contribution in [0, 0.1) is 0 Å². The standard InChI is InChI=1S/C18H24N2/c1-19(2)18(20(3)4)14-12-17(13-15-18)11-10-16-8-6-5-7-9-16/h5-14H,15H2,1-4H3. The van der Waals surface area contributed by atoms with Crippen LogP contribution < -0.4 is 0 Å². The predicted molar refractivity (Wildman–Crippen MR) is 87.4 cm³/mol. The molecule has 0 unspecified atom stereocenters. The molecule has 106 valence electrons. The molecule has 2 nitrogen and oxygen atoms in total. The van der Waals surface area contributed by atoms with Gasteiger partial charge in [-0.1, -0.05) is 54.6 Å². The van der Waals surface area contributed by atoms with Crippen molar-refractivity contribution in [2.45, 2.75) is 12.1 Å². The topological polar surface area (TPSA) is 6.48 Å². The highest BCUT2D eigenvalue weighted by Crippen LogP contribution is 2.28. The Morgan fingerprint density at radius 1 is 0.950 bits per heavy atom. The summed E-state index contributed by atoms with van der Waals surface area (Å²) in [5, 5.41) is 0. The quantitative estimate of drug-likeness (QED) is 0.772. The van der Waals surface area contributed by atoms with Gasteiger partial charge in [-0.15, -0.1) is 0 Å². The average Bonchev–Trinajstić information content (AvgIpc) is 2.46. The third-order valence-corrected chi connectivity index (χ3v) is 4.00. The Labute approximate surface area is 122 Å². The minimum absolute atomic E-state index is 0.00983. The van der Waals surface area contributed by atoms with Crippen LogP contribution in [-0.4, -0.2) is 43.7 Å². The van der Waals surface area contributed by atoms with Gasteiger partial charge in [0.15, 0.2) is 0 Å². The van der Waals surface area contributed by atoms with Gasteiger partial charge >= 0.3 is 0 Å². The van der Waals surface area contributed by atoms with Crippen molar-refractivity contribution in [2.24, 2.45) is 0 Å². The normalized spacial score (nSPS) is 18.0. The zero-order valence-corrected chi connectivity index (χ0v) is 12.9. The van der Waals surface area contributed by atoms with E-state index in [-0.39, 0.29) is 5.66 Å². The van der Waals surface area contributed by atoms with Crippen LogP contribution in [0.3, 0.4) is 0 Å². The number of rotatable bonds is 4. The number of allylic oxidation sites excluding steroid dienone is 3. The molecule has 0 atom stereocenters. The fourth-order valence-electron chi connectivity index (χ4n) is 2.58. The van der Waals surface area contributed by atoms with Crippen molar-refractivity contribution in [3.63, 3.8) is 0 Å². The molecular formula is C18H24N2. The van der Waals surface area contributed by atoms with Crippen molar-refractivity contribution >= 4 is 6.08 Å². The molecule has 1 aliphatic carbocycles. The molecule has 0 spiro atoms. The lowest BCUT2D eigenvalue weighted by Gasteiger charge is -2.44. The predicted octanol–water partition coefficient (Wildman–Crippen LogP) is 3.41. The molecule has 2 rings (SSSR count). The van der Waals surface area contributed by atoms with E-state index in [1.54, 1.807) is 0 Å². The lowest BCUT2D eigenvalue weighted by Crippen LogP contribution is -2.53. The Kier molecular flexibility index (Phi) is 4.58. The molecule has 0 fully saturated rings. The van der Waals surface area contributed by atoms with E-state index in [0.717, 1.165) is 6.42 Å². The Morgan fingerprint density at radius 3 is 2.10 bits per heavy atom. The molecule has 0 heterocycles. The molecule has 2 heteroatoms. The second-order valence-electron chi connectivity index (χ2n) is 5.65. The van der Waals surface area contributed by atoms with Crippen molar-refractivity contribution in [1.29, 1.82) is 0 Å². The van der Waals surface area contributed by atoms with E-state index in [0.29, 0.717) is 0 Å². The smallest absolute Gasteiger partial charge is 0.0958 e. The van der Waals surface area contributed by atoms with Crippen LogP contribution in [0.25, 0.3) is 6.08 Å². The van der Waals surface area contributed by atoms with Crippen molar-refractivity contribution in [3.8, 4) is 0 Å². The highest BCUT2D eigenvalue weighted by atomic mass is 15.4. The fraction of sp³-hybridized carbons (Fsp3) is 0.333.